The molecule has 1 aromatic heterocycles. The van der Waals surface area contributed by atoms with Crippen molar-refractivity contribution in [1.82, 2.24) is 14.7 Å². The van der Waals surface area contributed by atoms with E-state index in [0.717, 1.165) is 32.1 Å². The summed E-state index contributed by atoms with van der Waals surface area (Å²) in [4.78, 5) is 17.8. The lowest BCUT2D eigenvalue weighted by Gasteiger charge is -2.27. The fourth-order valence-corrected chi connectivity index (χ4v) is 3.81. The largest absolute Gasteiger partial charge is 0.480 e. The van der Waals surface area contributed by atoms with Gasteiger partial charge in [0.1, 0.15) is 11.9 Å². The number of aromatic amines is 1. The van der Waals surface area contributed by atoms with Gasteiger partial charge in [0.2, 0.25) is 0 Å². The normalized spacial score (nSPS) is 18.9. The molecule has 1 heterocycles. The summed E-state index contributed by atoms with van der Waals surface area (Å²) in [5, 5.41) is 9.19. The van der Waals surface area contributed by atoms with Crippen LogP contribution in [0.1, 0.15) is 37.9 Å². The Labute approximate surface area is 117 Å². The van der Waals surface area contributed by atoms with Crippen LogP contribution in [-0.2, 0) is 14.8 Å². The van der Waals surface area contributed by atoms with Gasteiger partial charge in [0.25, 0.3) is 10.0 Å². The average Bonchev–Trinajstić information content (AvgIpc) is 2.84. The van der Waals surface area contributed by atoms with Crippen molar-refractivity contribution < 1.29 is 18.3 Å². The first kappa shape index (κ1) is 15.0. The number of aromatic nitrogens is 2. The van der Waals surface area contributed by atoms with E-state index >= 15 is 0 Å². The van der Waals surface area contributed by atoms with Gasteiger partial charge < -0.3 is 10.1 Å². The molecule has 0 bridgehead atoms. The number of hydrogen-bond donors (Lipinski definition) is 3. The second kappa shape index (κ2) is 5.92. The van der Waals surface area contributed by atoms with Crippen LogP contribution < -0.4 is 4.72 Å². The van der Waals surface area contributed by atoms with E-state index in [0.29, 0.717) is 5.82 Å². The van der Waals surface area contributed by atoms with E-state index in [4.69, 9.17) is 0 Å². The van der Waals surface area contributed by atoms with Gasteiger partial charge in [0.15, 0.2) is 5.03 Å². The third-order valence-corrected chi connectivity index (χ3v) is 4.99. The van der Waals surface area contributed by atoms with Crippen molar-refractivity contribution in [3.05, 3.63) is 12.0 Å². The van der Waals surface area contributed by atoms with E-state index in [9.17, 15) is 18.3 Å². The number of rotatable bonds is 5. The SMILES string of the molecule is Cc1ncc(S(=O)(=O)NC(C(=O)O)C2CCCCC2)[nH]1. The number of carboxylic acid groups (broad SMARTS) is 1. The highest BCUT2D eigenvalue weighted by Gasteiger charge is 2.33. The Morgan fingerprint density at radius 2 is 2.10 bits per heavy atom. The number of aliphatic carboxylic acids is 1. The molecule has 1 atom stereocenters. The van der Waals surface area contributed by atoms with Crippen molar-refractivity contribution in [1.29, 1.82) is 0 Å². The second-order valence-electron chi connectivity index (χ2n) is 5.17. The molecule has 1 aromatic rings. The van der Waals surface area contributed by atoms with Crippen molar-refractivity contribution in [3.63, 3.8) is 0 Å². The molecule has 0 aromatic carbocycles. The minimum atomic E-state index is -3.88. The number of hydrogen-bond acceptors (Lipinski definition) is 4. The molecule has 20 heavy (non-hydrogen) atoms. The molecule has 0 spiro atoms. The highest BCUT2D eigenvalue weighted by Crippen LogP contribution is 2.27. The van der Waals surface area contributed by atoms with E-state index in [1.807, 2.05) is 0 Å². The summed E-state index contributed by atoms with van der Waals surface area (Å²) in [5.74, 6) is -0.813. The third-order valence-electron chi connectivity index (χ3n) is 3.64. The average molecular weight is 301 g/mol. The smallest absolute Gasteiger partial charge is 0.322 e. The zero-order valence-electron chi connectivity index (χ0n) is 11.3. The van der Waals surface area contributed by atoms with Crippen molar-refractivity contribution in [3.8, 4) is 0 Å². The highest BCUT2D eigenvalue weighted by molar-refractivity contribution is 7.89. The van der Waals surface area contributed by atoms with Gasteiger partial charge >= 0.3 is 5.97 Å². The number of carbonyl (C=O) groups is 1. The molecule has 3 N–H and O–H groups in total. The van der Waals surface area contributed by atoms with Crippen molar-refractivity contribution >= 4 is 16.0 Å². The summed E-state index contributed by atoms with van der Waals surface area (Å²) < 4.78 is 26.6. The monoisotopic (exact) mass is 301 g/mol. The molecule has 1 aliphatic rings. The standard InChI is InChI=1S/C12H19N3O4S/c1-8-13-7-10(14-8)20(18,19)15-11(12(16)17)9-5-3-2-4-6-9/h7,9,11,15H,2-6H2,1H3,(H,13,14)(H,16,17). The third kappa shape index (κ3) is 3.37. The second-order valence-corrected chi connectivity index (χ2v) is 6.85. The Morgan fingerprint density at radius 1 is 1.45 bits per heavy atom. The van der Waals surface area contributed by atoms with Crippen LogP contribution in [0.4, 0.5) is 0 Å². The van der Waals surface area contributed by atoms with Gasteiger partial charge in [-0.3, -0.25) is 4.79 Å². The predicted molar refractivity (Wildman–Crippen MR) is 71.6 cm³/mol. The van der Waals surface area contributed by atoms with Crippen molar-refractivity contribution in [2.75, 3.05) is 0 Å². The van der Waals surface area contributed by atoms with Gasteiger partial charge in [-0.15, -0.1) is 0 Å². The topological polar surface area (TPSA) is 112 Å². The van der Waals surface area contributed by atoms with Gasteiger partial charge in [-0.2, -0.15) is 4.72 Å². The highest BCUT2D eigenvalue weighted by atomic mass is 32.2. The molecule has 2 rings (SSSR count). The molecule has 112 valence electrons. The minimum absolute atomic E-state index is 0.0999. The first-order valence-corrected chi connectivity index (χ1v) is 8.15. The van der Waals surface area contributed by atoms with Crippen molar-refractivity contribution in [2.45, 2.75) is 50.1 Å². The number of sulfonamides is 1. The van der Waals surface area contributed by atoms with Gasteiger partial charge in [0, 0.05) is 0 Å². The predicted octanol–water partition coefficient (Wildman–Crippen LogP) is 1.03. The van der Waals surface area contributed by atoms with Crippen LogP contribution in [0.15, 0.2) is 11.2 Å². The maximum atomic E-state index is 12.2. The molecule has 0 radical (unpaired) electrons. The fourth-order valence-electron chi connectivity index (χ4n) is 2.58. The summed E-state index contributed by atoms with van der Waals surface area (Å²) in [5.41, 5.74) is 0. The van der Waals surface area contributed by atoms with Crippen LogP contribution in [0.3, 0.4) is 0 Å². The zero-order chi connectivity index (χ0) is 14.8. The molecule has 0 amide bonds. The Kier molecular flexibility index (Phi) is 4.44. The Hall–Kier alpha value is -1.41. The van der Waals surface area contributed by atoms with Crippen molar-refractivity contribution in [2.24, 2.45) is 5.92 Å². The maximum Gasteiger partial charge on any atom is 0.322 e. The van der Waals surface area contributed by atoms with E-state index in [2.05, 4.69) is 14.7 Å². The van der Waals surface area contributed by atoms with E-state index in [1.165, 1.54) is 6.20 Å². The number of H-pyrrole nitrogens is 1. The summed E-state index contributed by atoms with van der Waals surface area (Å²) in [6.45, 7) is 1.63. The summed E-state index contributed by atoms with van der Waals surface area (Å²) in [6, 6.07) is -1.08. The maximum absolute atomic E-state index is 12.2. The number of nitrogens with zero attached hydrogens (tertiary/aromatic N) is 1. The number of nitrogens with one attached hydrogen (secondary N) is 2. The van der Waals surface area contributed by atoms with Crippen LogP contribution in [0, 0.1) is 12.8 Å². The summed E-state index contributed by atoms with van der Waals surface area (Å²) >= 11 is 0. The number of carboxylic acids is 1. The van der Waals surface area contributed by atoms with Gasteiger partial charge in [0.05, 0.1) is 6.20 Å². The van der Waals surface area contributed by atoms with E-state index in [-0.39, 0.29) is 10.9 Å². The Bertz CT molecular complexity index is 575. The molecule has 0 aliphatic heterocycles. The molecule has 7 nitrogen and oxygen atoms in total. The lowest BCUT2D eigenvalue weighted by Crippen LogP contribution is -2.46. The molecular weight excluding hydrogens is 282 g/mol. The Morgan fingerprint density at radius 3 is 2.60 bits per heavy atom. The number of imidazole rings is 1. The molecule has 1 unspecified atom stereocenters. The molecule has 8 heteroatoms. The molecule has 0 saturated heterocycles. The molecular formula is C12H19N3O4S. The van der Waals surface area contributed by atoms with Gasteiger partial charge in [-0.25, -0.2) is 13.4 Å². The zero-order valence-corrected chi connectivity index (χ0v) is 12.1. The molecule has 1 aliphatic carbocycles. The molecule has 1 fully saturated rings. The van der Waals surface area contributed by atoms with Crippen LogP contribution in [0.2, 0.25) is 0 Å². The molecule has 1 saturated carbocycles. The van der Waals surface area contributed by atoms with Crippen LogP contribution >= 0.6 is 0 Å². The van der Waals surface area contributed by atoms with Crippen LogP contribution in [-0.4, -0.2) is 35.5 Å². The van der Waals surface area contributed by atoms with Crippen LogP contribution in [0.5, 0.6) is 0 Å². The lowest BCUT2D eigenvalue weighted by molar-refractivity contribution is -0.140. The summed E-state index contributed by atoms with van der Waals surface area (Å²) in [6.07, 6.45) is 5.63. The van der Waals surface area contributed by atoms with Gasteiger partial charge in [-0.05, 0) is 25.7 Å². The fraction of sp³-hybridized carbons (Fsp3) is 0.667. The number of aryl methyl sites for hydroxylation is 1. The minimum Gasteiger partial charge on any atom is -0.480 e. The summed E-state index contributed by atoms with van der Waals surface area (Å²) in [7, 11) is -3.88. The van der Waals surface area contributed by atoms with Crippen LogP contribution in [0.25, 0.3) is 0 Å². The van der Waals surface area contributed by atoms with E-state index in [1.54, 1.807) is 6.92 Å². The first-order chi connectivity index (χ1) is 9.40. The first-order valence-electron chi connectivity index (χ1n) is 6.67. The quantitative estimate of drug-likeness (QED) is 0.752. The Balaban J connectivity index is 2.17. The van der Waals surface area contributed by atoms with E-state index < -0.39 is 22.0 Å². The van der Waals surface area contributed by atoms with Gasteiger partial charge in [-0.1, -0.05) is 19.3 Å². The lowest BCUT2D eigenvalue weighted by atomic mass is 9.84.